The smallest absolute Gasteiger partial charge is 0.416 e. The third kappa shape index (κ3) is 4.14. The summed E-state index contributed by atoms with van der Waals surface area (Å²) in [5, 5.41) is 0. The number of rotatable bonds is 4. The second-order valence-electron chi connectivity index (χ2n) is 4.46. The first-order chi connectivity index (χ1) is 10.0. The van der Waals surface area contributed by atoms with Crippen LogP contribution in [-0.2, 0) is 34.7 Å². The predicted molar refractivity (Wildman–Crippen MR) is 66.2 cm³/mol. The fourth-order valence-corrected chi connectivity index (χ4v) is 2.15. The van der Waals surface area contributed by atoms with Crippen molar-refractivity contribution in [3.8, 4) is 0 Å². The molecule has 124 valence electrons. The lowest BCUT2D eigenvalue weighted by atomic mass is 9.91. The normalized spacial score (nSPS) is 12.4. The second-order valence-corrected chi connectivity index (χ2v) is 4.46. The van der Waals surface area contributed by atoms with Crippen molar-refractivity contribution in [1.29, 1.82) is 0 Å². The van der Waals surface area contributed by atoms with Crippen LogP contribution in [0.4, 0.5) is 26.3 Å². The van der Waals surface area contributed by atoms with Crippen molar-refractivity contribution in [2.24, 2.45) is 0 Å². The fourth-order valence-electron chi connectivity index (χ4n) is 2.15. The van der Waals surface area contributed by atoms with Gasteiger partial charge in [0.25, 0.3) is 0 Å². The summed E-state index contributed by atoms with van der Waals surface area (Å²) >= 11 is 0. The Labute approximate surface area is 123 Å². The Kier molecular flexibility index (Phi) is 5.48. The van der Waals surface area contributed by atoms with Crippen molar-refractivity contribution in [3.63, 3.8) is 0 Å². The lowest BCUT2D eigenvalue weighted by molar-refractivity contribution is -0.147. The highest BCUT2D eigenvalue weighted by Crippen LogP contribution is 2.41. The summed E-state index contributed by atoms with van der Waals surface area (Å²) in [4.78, 5) is 11.4. The number of esters is 1. The van der Waals surface area contributed by atoms with Gasteiger partial charge in [0.05, 0.1) is 24.2 Å². The quantitative estimate of drug-likeness (QED) is 0.605. The molecule has 0 aromatic heterocycles. The number of carbonyl (C=O) groups excluding carboxylic acids is 1. The van der Waals surface area contributed by atoms with E-state index in [-0.39, 0.29) is 18.6 Å². The predicted octanol–water partition coefficient (Wildman–Crippen LogP) is 4.39. The van der Waals surface area contributed by atoms with Crippen LogP contribution in [0.15, 0.2) is 12.1 Å². The number of hydrogen-bond donors (Lipinski definition) is 0. The maximum atomic E-state index is 13.2. The molecule has 0 radical (unpaired) electrons. The second kappa shape index (κ2) is 6.58. The third-order valence-electron chi connectivity index (χ3n) is 3.00. The molecule has 0 bridgehead atoms. The van der Waals surface area contributed by atoms with Gasteiger partial charge in [-0.2, -0.15) is 26.3 Å². The SMILES string of the molecule is CCOC(=O)Cc1c(C(F)(F)F)ccc(CC)c1C(F)(F)F. The van der Waals surface area contributed by atoms with Crippen LogP contribution in [0.2, 0.25) is 0 Å². The van der Waals surface area contributed by atoms with E-state index in [0.29, 0.717) is 6.07 Å². The molecule has 0 unspecified atom stereocenters. The van der Waals surface area contributed by atoms with Crippen LogP contribution < -0.4 is 0 Å². The molecule has 0 spiro atoms. The van der Waals surface area contributed by atoms with E-state index in [1.165, 1.54) is 13.8 Å². The number of halogens is 6. The molecule has 1 aromatic carbocycles. The molecule has 0 aliphatic carbocycles. The van der Waals surface area contributed by atoms with Crippen LogP contribution >= 0.6 is 0 Å². The fraction of sp³-hybridized carbons (Fsp3) is 0.500. The Morgan fingerprint density at radius 1 is 1.05 bits per heavy atom. The molecule has 0 heterocycles. The lowest BCUT2D eigenvalue weighted by Crippen LogP contribution is -2.21. The first-order valence-electron chi connectivity index (χ1n) is 6.47. The first-order valence-corrected chi connectivity index (χ1v) is 6.47. The van der Waals surface area contributed by atoms with Gasteiger partial charge in [0, 0.05) is 0 Å². The maximum absolute atomic E-state index is 13.2. The van der Waals surface area contributed by atoms with E-state index in [0.717, 1.165) is 6.07 Å². The molecule has 8 heteroatoms. The number of aryl methyl sites for hydroxylation is 1. The van der Waals surface area contributed by atoms with Gasteiger partial charge in [0.2, 0.25) is 0 Å². The Morgan fingerprint density at radius 3 is 2.05 bits per heavy atom. The highest BCUT2D eigenvalue weighted by molar-refractivity contribution is 5.74. The summed E-state index contributed by atoms with van der Waals surface area (Å²) in [6, 6.07) is 1.36. The van der Waals surface area contributed by atoms with Crippen LogP contribution in [0.25, 0.3) is 0 Å². The summed E-state index contributed by atoms with van der Waals surface area (Å²) in [5.41, 5.74) is -4.25. The number of hydrogen-bond acceptors (Lipinski definition) is 2. The largest absolute Gasteiger partial charge is 0.466 e. The number of benzene rings is 1. The minimum atomic E-state index is -4.99. The van der Waals surface area contributed by atoms with Crippen LogP contribution in [0.3, 0.4) is 0 Å². The van der Waals surface area contributed by atoms with Gasteiger partial charge in [-0.05, 0) is 30.5 Å². The van der Waals surface area contributed by atoms with E-state index in [2.05, 4.69) is 4.74 Å². The van der Waals surface area contributed by atoms with Gasteiger partial charge >= 0.3 is 18.3 Å². The number of alkyl halides is 6. The van der Waals surface area contributed by atoms with Crippen LogP contribution in [0.5, 0.6) is 0 Å². The van der Waals surface area contributed by atoms with Crippen LogP contribution in [0.1, 0.15) is 36.1 Å². The van der Waals surface area contributed by atoms with Gasteiger partial charge in [-0.25, -0.2) is 0 Å². The Morgan fingerprint density at radius 2 is 1.64 bits per heavy atom. The molecule has 1 rings (SSSR count). The van der Waals surface area contributed by atoms with Gasteiger partial charge < -0.3 is 4.74 Å². The Bertz CT molecular complexity index is 545. The molecule has 0 amide bonds. The topological polar surface area (TPSA) is 26.3 Å². The van der Waals surface area contributed by atoms with Crippen molar-refractivity contribution in [1.82, 2.24) is 0 Å². The van der Waals surface area contributed by atoms with Crippen LogP contribution in [0, 0.1) is 0 Å². The molecular weight excluding hydrogens is 314 g/mol. The van der Waals surface area contributed by atoms with Crippen molar-refractivity contribution in [2.45, 2.75) is 39.0 Å². The molecular formula is C14H14F6O2. The summed E-state index contributed by atoms with van der Waals surface area (Å²) in [5.74, 6) is -1.13. The third-order valence-corrected chi connectivity index (χ3v) is 3.00. The standard InChI is InChI=1S/C14H14F6O2/c1-3-8-5-6-10(13(15,16)17)9(7-11(21)22-4-2)12(8)14(18,19)20/h5-6H,3-4,7H2,1-2H3. The van der Waals surface area contributed by atoms with Crippen molar-refractivity contribution >= 4 is 5.97 Å². The average molecular weight is 328 g/mol. The van der Waals surface area contributed by atoms with Crippen molar-refractivity contribution in [3.05, 3.63) is 34.4 Å². The van der Waals surface area contributed by atoms with E-state index in [4.69, 9.17) is 0 Å². The zero-order valence-electron chi connectivity index (χ0n) is 11.9. The van der Waals surface area contributed by atoms with Gasteiger partial charge in [-0.3, -0.25) is 4.79 Å². The summed E-state index contributed by atoms with van der Waals surface area (Å²) < 4.78 is 82.9. The molecule has 22 heavy (non-hydrogen) atoms. The van der Waals surface area contributed by atoms with Crippen molar-refractivity contribution in [2.75, 3.05) is 6.61 Å². The van der Waals surface area contributed by atoms with E-state index in [1.54, 1.807) is 0 Å². The zero-order chi connectivity index (χ0) is 17.1. The van der Waals surface area contributed by atoms with Gasteiger partial charge in [-0.1, -0.05) is 13.0 Å². The monoisotopic (exact) mass is 328 g/mol. The van der Waals surface area contributed by atoms with E-state index >= 15 is 0 Å². The molecule has 0 saturated carbocycles. The molecule has 0 aliphatic rings. The minimum absolute atomic E-state index is 0.108. The highest BCUT2D eigenvalue weighted by Gasteiger charge is 2.42. The molecule has 0 saturated heterocycles. The summed E-state index contributed by atoms with van der Waals surface area (Å²) in [7, 11) is 0. The Hall–Kier alpha value is -1.73. The van der Waals surface area contributed by atoms with E-state index < -0.39 is 41.4 Å². The first kappa shape index (κ1) is 18.3. The van der Waals surface area contributed by atoms with Crippen molar-refractivity contribution < 1.29 is 35.9 Å². The minimum Gasteiger partial charge on any atom is -0.466 e. The van der Waals surface area contributed by atoms with Crippen LogP contribution in [-0.4, -0.2) is 12.6 Å². The number of carbonyl (C=O) groups is 1. The molecule has 0 N–H and O–H groups in total. The molecule has 0 fully saturated rings. The van der Waals surface area contributed by atoms with E-state index in [1.807, 2.05) is 0 Å². The molecule has 0 aliphatic heterocycles. The Balaban J connectivity index is 3.59. The molecule has 0 atom stereocenters. The van der Waals surface area contributed by atoms with Gasteiger partial charge in [0.15, 0.2) is 0 Å². The molecule has 2 nitrogen and oxygen atoms in total. The average Bonchev–Trinajstić information content (AvgIpc) is 2.35. The number of ether oxygens (including phenoxy) is 1. The summed E-state index contributed by atoms with van der Waals surface area (Å²) in [6.45, 7) is 2.68. The zero-order valence-corrected chi connectivity index (χ0v) is 11.9. The van der Waals surface area contributed by atoms with Gasteiger partial charge in [0.1, 0.15) is 0 Å². The molecule has 1 aromatic rings. The lowest BCUT2D eigenvalue weighted by Gasteiger charge is -2.21. The van der Waals surface area contributed by atoms with Gasteiger partial charge in [-0.15, -0.1) is 0 Å². The van der Waals surface area contributed by atoms with E-state index in [9.17, 15) is 31.1 Å². The summed E-state index contributed by atoms with van der Waals surface area (Å²) in [6.07, 6.45) is -11.2. The maximum Gasteiger partial charge on any atom is 0.416 e. The highest BCUT2D eigenvalue weighted by atomic mass is 19.4.